The number of methoxy groups -OCH3 is 1. The fourth-order valence-electron chi connectivity index (χ4n) is 1.36. The lowest BCUT2D eigenvalue weighted by molar-refractivity contribution is 0.0601. The van der Waals surface area contributed by atoms with Gasteiger partial charge in [0.2, 0.25) is 0 Å². The van der Waals surface area contributed by atoms with E-state index in [-0.39, 0.29) is 11.4 Å². The summed E-state index contributed by atoms with van der Waals surface area (Å²) in [6.07, 6.45) is 0. The lowest BCUT2D eigenvalue weighted by Crippen LogP contribution is -2.22. The molecule has 5 nitrogen and oxygen atoms in total. The maximum absolute atomic E-state index is 11.5. The van der Waals surface area contributed by atoms with Crippen molar-refractivity contribution in [3.8, 4) is 0 Å². The van der Waals surface area contributed by atoms with Gasteiger partial charge in [-0.2, -0.15) is 0 Å². The molecular formula is C10H12ClNO4S. The molecule has 7 heteroatoms. The number of esters is 1. The highest BCUT2D eigenvalue weighted by molar-refractivity contribution is 7.72. The summed E-state index contributed by atoms with van der Waals surface area (Å²) in [5, 5.41) is 0.383. The third-order valence-corrected chi connectivity index (χ3v) is 2.99. The average molecular weight is 278 g/mol. The summed E-state index contributed by atoms with van der Waals surface area (Å²) in [6.45, 7) is 0. The third kappa shape index (κ3) is 3.61. The summed E-state index contributed by atoms with van der Waals surface area (Å²) in [5.74, 6) is -0.739. The highest BCUT2D eigenvalue weighted by Gasteiger charge is 2.15. The predicted octanol–water partition coefficient (Wildman–Crippen LogP) is 1.13. The lowest BCUT2D eigenvalue weighted by Gasteiger charge is -2.18. The Balaban J connectivity index is 3.18. The molecule has 0 saturated heterocycles. The number of thiol groups is 1. The van der Waals surface area contributed by atoms with Crippen LogP contribution in [-0.2, 0) is 15.4 Å². The van der Waals surface area contributed by atoms with Gasteiger partial charge in [-0.15, -0.1) is 0 Å². The molecule has 17 heavy (non-hydrogen) atoms. The Morgan fingerprint density at radius 2 is 2.12 bits per heavy atom. The van der Waals surface area contributed by atoms with Crippen molar-refractivity contribution in [2.24, 2.45) is 0 Å². The van der Waals surface area contributed by atoms with E-state index in [1.165, 1.54) is 18.1 Å². The second kappa shape index (κ2) is 5.88. The molecule has 94 valence electrons. The van der Waals surface area contributed by atoms with Gasteiger partial charge >= 0.3 is 5.97 Å². The molecule has 0 spiro atoms. The largest absolute Gasteiger partial charge is 0.465 e. The Bertz CT molecular complexity index is 493. The summed E-state index contributed by atoms with van der Waals surface area (Å²) in [4.78, 5) is 13.0. The van der Waals surface area contributed by atoms with Gasteiger partial charge in [0.1, 0.15) is 5.88 Å². The molecule has 0 aromatic heterocycles. The van der Waals surface area contributed by atoms with Crippen LogP contribution in [0.4, 0.5) is 5.69 Å². The van der Waals surface area contributed by atoms with Crippen LogP contribution in [0, 0.1) is 0 Å². The minimum atomic E-state index is -2.57. The van der Waals surface area contributed by atoms with Crippen LogP contribution >= 0.6 is 11.6 Å². The Kier molecular flexibility index (Phi) is 4.77. The maximum atomic E-state index is 11.5. The molecule has 1 aromatic rings. The summed E-state index contributed by atoms with van der Waals surface area (Å²) in [6, 6.07) is 4.60. The van der Waals surface area contributed by atoms with E-state index in [4.69, 9.17) is 11.6 Å². The van der Waals surface area contributed by atoms with Crippen molar-refractivity contribution in [3.63, 3.8) is 0 Å². The van der Waals surface area contributed by atoms with Crippen LogP contribution in [0.25, 0.3) is 0 Å². The Morgan fingerprint density at radius 1 is 1.47 bits per heavy atom. The maximum Gasteiger partial charge on any atom is 0.340 e. The molecule has 0 aliphatic rings. The lowest BCUT2D eigenvalue weighted by atomic mass is 10.1. The number of hydrogen-bond acceptors (Lipinski definition) is 5. The Morgan fingerprint density at radius 3 is 2.65 bits per heavy atom. The Hall–Kier alpha value is -1.27. The van der Waals surface area contributed by atoms with Gasteiger partial charge in [-0.3, -0.25) is 0 Å². The van der Waals surface area contributed by atoms with Crippen LogP contribution in [0.3, 0.4) is 0 Å². The molecule has 0 radical (unpaired) electrons. The molecule has 1 rings (SSSR count). The van der Waals surface area contributed by atoms with E-state index < -0.39 is 16.7 Å². The highest BCUT2D eigenvalue weighted by atomic mass is 35.5. The van der Waals surface area contributed by atoms with Crippen LogP contribution in [0.2, 0.25) is 5.02 Å². The van der Waals surface area contributed by atoms with Crippen LogP contribution < -0.4 is 4.90 Å². The molecule has 0 fully saturated rings. The van der Waals surface area contributed by atoms with Gasteiger partial charge in [0, 0.05) is 12.1 Å². The van der Waals surface area contributed by atoms with Crippen LogP contribution in [0.15, 0.2) is 18.2 Å². The number of carbonyl (C=O) groups is 1. The third-order valence-electron chi connectivity index (χ3n) is 2.10. The summed E-state index contributed by atoms with van der Waals surface area (Å²) >= 11 is 5.78. The second-order valence-corrected chi connectivity index (χ2v) is 4.71. The summed E-state index contributed by atoms with van der Waals surface area (Å²) < 4.78 is 25.9. The van der Waals surface area contributed by atoms with E-state index >= 15 is 0 Å². The molecule has 1 aromatic carbocycles. The van der Waals surface area contributed by atoms with Gasteiger partial charge in [0.05, 0.1) is 18.4 Å². The first-order valence-corrected chi connectivity index (χ1v) is 6.40. The van der Waals surface area contributed by atoms with Crippen molar-refractivity contribution in [3.05, 3.63) is 28.8 Å². The number of hydrogen-bond donors (Lipinski definition) is 1. The van der Waals surface area contributed by atoms with E-state index in [1.54, 1.807) is 19.2 Å². The first kappa shape index (κ1) is 13.8. The number of ether oxygens (including phenoxy) is 1. The van der Waals surface area contributed by atoms with Gasteiger partial charge in [0.15, 0.2) is 10.7 Å². The van der Waals surface area contributed by atoms with E-state index in [2.05, 4.69) is 4.74 Å². The summed E-state index contributed by atoms with van der Waals surface area (Å²) in [7, 11) is 0.255. The minimum absolute atomic E-state index is 0.180. The van der Waals surface area contributed by atoms with E-state index in [1.807, 2.05) is 0 Å². The fourth-order valence-corrected chi connectivity index (χ4v) is 2.03. The molecule has 0 N–H and O–H groups in total. The van der Waals surface area contributed by atoms with Gasteiger partial charge in [-0.25, -0.2) is 13.2 Å². The van der Waals surface area contributed by atoms with E-state index in [0.717, 1.165) is 0 Å². The van der Waals surface area contributed by atoms with Gasteiger partial charge in [-0.05, 0) is 18.2 Å². The number of carbonyl (C=O) groups excluding carboxylic acids is 1. The van der Waals surface area contributed by atoms with Crippen LogP contribution in [0.1, 0.15) is 10.4 Å². The van der Waals surface area contributed by atoms with Crippen molar-refractivity contribution < 1.29 is 17.9 Å². The first-order valence-electron chi connectivity index (χ1n) is 4.66. The highest BCUT2D eigenvalue weighted by Crippen LogP contribution is 2.24. The second-order valence-electron chi connectivity index (χ2n) is 3.33. The number of nitrogens with zero attached hydrogens (tertiary/aromatic N) is 1. The molecular weight excluding hydrogens is 266 g/mol. The smallest absolute Gasteiger partial charge is 0.340 e. The zero-order valence-electron chi connectivity index (χ0n) is 9.34. The minimum Gasteiger partial charge on any atom is -0.465 e. The molecule has 0 heterocycles. The van der Waals surface area contributed by atoms with Crippen molar-refractivity contribution in [1.82, 2.24) is 0 Å². The van der Waals surface area contributed by atoms with Crippen molar-refractivity contribution in [1.29, 1.82) is 0 Å². The number of anilines is 1. The zero-order valence-corrected chi connectivity index (χ0v) is 11.0. The molecule has 0 aliphatic heterocycles. The standard InChI is InChI=1S/C10H12ClNO4S/c1-12(6-17(14)15)9-4-3-7(11)5-8(9)10(13)16-2/h3-5,17H,6H2,1-2H3. The number of benzene rings is 1. The summed E-state index contributed by atoms with van der Waals surface area (Å²) in [5.41, 5.74) is 0.694. The molecule has 0 atom stereocenters. The van der Waals surface area contributed by atoms with Crippen LogP contribution in [0.5, 0.6) is 0 Å². The van der Waals surface area contributed by atoms with Crippen LogP contribution in [-0.4, -0.2) is 34.4 Å². The van der Waals surface area contributed by atoms with E-state index in [9.17, 15) is 13.2 Å². The average Bonchev–Trinajstić information content (AvgIpc) is 2.26. The fraction of sp³-hybridized carbons (Fsp3) is 0.300. The van der Waals surface area contributed by atoms with Gasteiger partial charge in [-0.1, -0.05) is 11.6 Å². The quantitative estimate of drug-likeness (QED) is 0.660. The molecule has 0 saturated carbocycles. The topological polar surface area (TPSA) is 63.7 Å². The van der Waals surface area contributed by atoms with Gasteiger partial charge in [0.25, 0.3) is 0 Å². The molecule has 0 unspecified atom stereocenters. The van der Waals surface area contributed by atoms with Crippen molar-refractivity contribution in [2.75, 3.05) is 24.9 Å². The monoisotopic (exact) mass is 277 g/mol. The molecule has 0 amide bonds. The normalized spacial score (nSPS) is 10.4. The molecule has 0 bridgehead atoms. The number of rotatable bonds is 4. The van der Waals surface area contributed by atoms with Crippen molar-refractivity contribution >= 4 is 34.0 Å². The first-order chi connectivity index (χ1) is 7.95. The van der Waals surface area contributed by atoms with Crippen molar-refractivity contribution in [2.45, 2.75) is 0 Å². The van der Waals surface area contributed by atoms with Gasteiger partial charge < -0.3 is 9.64 Å². The SMILES string of the molecule is COC(=O)c1cc(Cl)ccc1N(C)C[SH](=O)=O. The Labute approximate surface area is 106 Å². The molecule has 0 aliphatic carbocycles. The number of halogens is 1. The predicted molar refractivity (Wildman–Crippen MR) is 66.4 cm³/mol. The zero-order chi connectivity index (χ0) is 13.0. The van der Waals surface area contributed by atoms with E-state index in [0.29, 0.717) is 10.7 Å².